The monoisotopic (exact) mass is 333 g/mol. The molecule has 0 unspecified atom stereocenters. The van der Waals surface area contributed by atoms with Gasteiger partial charge in [-0.25, -0.2) is 4.79 Å². The Morgan fingerprint density at radius 3 is 2.65 bits per heavy atom. The Morgan fingerprint density at radius 1 is 1.22 bits per heavy atom. The molecule has 0 aliphatic rings. The number of hydrogen-bond acceptors (Lipinski definition) is 5. The standard InChI is InChI=1S/C15H19N5O2S/c1-11-18-19-15(20(11)10-12-6-4-3-5-7-12)23-9-8-13(21)17-14(22)16-2/h3-7H,8-10H2,1-2H3,(H2,16,17,21,22). The van der Waals surface area contributed by atoms with Crippen molar-refractivity contribution in [3.05, 3.63) is 41.7 Å². The summed E-state index contributed by atoms with van der Waals surface area (Å²) in [4.78, 5) is 22.6. The van der Waals surface area contributed by atoms with Gasteiger partial charge in [0.25, 0.3) is 0 Å². The van der Waals surface area contributed by atoms with E-state index in [1.165, 1.54) is 18.8 Å². The first-order valence-corrected chi connectivity index (χ1v) is 8.17. The number of carbonyl (C=O) groups is 2. The highest BCUT2D eigenvalue weighted by atomic mass is 32.2. The van der Waals surface area contributed by atoms with E-state index in [2.05, 4.69) is 20.8 Å². The molecule has 23 heavy (non-hydrogen) atoms. The first kappa shape index (κ1) is 17.0. The molecule has 1 heterocycles. The molecular formula is C15H19N5O2S. The maximum Gasteiger partial charge on any atom is 0.321 e. The number of urea groups is 1. The summed E-state index contributed by atoms with van der Waals surface area (Å²) < 4.78 is 2.01. The van der Waals surface area contributed by atoms with E-state index >= 15 is 0 Å². The van der Waals surface area contributed by atoms with E-state index in [1.807, 2.05) is 41.8 Å². The number of nitrogens with one attached hydrogen (secondary N) is 2. The minimum atomic E-state index is -0.497. The van der Waals surface area contributed by atoms with Crippen LogP contribution < -0.4 is 10.6 Å². The molecule has 1 aromatic carbocycles. The summed E-state index contributed by atoms with van der Waals surface area (Å²) in [5.41, 5.74) is 1.16. The van der Waals surface area contributed by atoms with Gasteiger partial charge in [0.05, 0.1) is 6.54 Å². The zero-order chi connectivity index (χ0) is 16.7. The normalized spacial score (nSPS) is 10.3. The fraction of sp³-hybridized carbons (Fsp3) is 0.333. The quantitative estimate of drug-likeness (QED) is 0.783. The minimum absolute atomic E-state index is 0.231. The van der Waals surface area contributed by atoms with Crippen molar-refractivity contribution in [1.82, 2.24) is 25.4 Å². The van der Waals surface area contributed by atoms with E-state index in [0.29, 0.717) is 12.3 Å². The SMILES string of the molecule is CNC(=O)NC(=O)CCSc1nnc(C)n1Cc1ccccc1. The van der Waals surface area contributed by atoms with Gasteiger partial charge in [-0.15, -0.1) is 10.2 Å². The van der Waals surface area contributed by atoms with Gasteiger partial charge in [0.15, 0.2) is 5.16 Å². The van der Waals surface area contributed by atoms with Crippen molar-refractivity contribution in [2.45, 2.75) is 25.0 Å². The third-order valence-corrected chi connectivity index (χ3v) is 4.09. The summed E-state index contributed by atoms with van der Waals surface area (Å²) >= 11 is 1.45. The molecule has 3 amide bonds. The second-order valence-corrected chi connectivity index (χ2v) is 5.89. The van der Waals surface area contributed by atoms with E-state index in [9.17, 15) is 9.59 Å². The summed E-state index contributed by atoms with van der Waals surface area (Å²) in [7, 11) is 1.46. The average Bonchev–Trinajstić information content (AvgIpc) is 2.89. The van der Waals surface area contributed by atoms with Crippen LogP contribution >= 0.6 is 11.8 Å². The molecule has 0 fully saturated rings. The number of imide groups is 1. The van der Waals surface area contributed by atoms with Gasteiger partial charge in [0.1, 0.15) is 5.82 Å². The van der Waals surface area contributed by atoms with Gasteiger partial charge in [0, 0.05) is 19.2 Å². The fourth-order valence-electron chi connectivity index (χ4n) is 1.90. The second-order valence-electron chi connectivity index (χ2n) is 4.83. The highest BCUT2D eigenvalue weighted by molar-refractivity contribution is 7.99. The van der Waals surface area contributed by atoms with Gasteiger partial charge in [-0.1, -0.05) is 42.1 Å². The van der Waals surface area contributed by atoms with Gasteiger partial charge in [-0.2, -0.15) is 0 Å². The zero-order valence-corrected chi connectivity index (χ0v) is 13.9. The molecule has 8 heteroatoms. The average molecular weight is 333 g/mol. The van der Waals surface area contributed by atoms with Gasteiger partial charge < -0.3 is 9.88 Å². The third kappa shape index (κ3) is 5.10. The van der Waals surface area contributed by atoms with Crippen LogP contribution in [0, 0.1) is 6.92 Å². The number of aromatic nitrogens is 3. The fourth-order valence-corrected chi connectivity index (χ4v) is 2.82. The van der Waals surface area contributed by atoms with E-state index in [-0.39, 0.29) is 12.3 Å². The number of thioether (sulfide) groups is 1. The summed E-state index contributed by atoms with van der Waals surface area (Å²) in [6.07, 6.45) is 0.231. The Hall–Kier alpha value is -2.35. The van der Waals surface area contributed by atoms with Crippen LogP contribution in [0.25, 0.3) is 0 Å². The van der Waals surface area contributed by atoms with Crippen LogP contribution in [0.2, 0.25) is 0 Å². The third-order valence-electron chi connectivity index (χ3n) is 3.13. The van der Waals surface area contributed by atoms with Crippen LogP contribution in [-0.4, -0.2) is 39.5 Å². The van der Waals surface area contributed by atoms with Crippen LogP contribution in [0.5, 0.6) is 0 Å². The molecule has 2 rings (SSSR count). The molecule has 0 saturated carbocycles. The molecule has 0 aliphatic carbocycles. The second kappa shape index (κ2) is 8.33. The molecule has 0 atom stereocenters. The number of hydrogen-bond donors (Lipinski definition) is 2. The summed E-state index contributed by atoms with van der Waals surface area (Å²) in [5.74, 6) is 1.03. The minimum Gasteiger partial charge on any atom is -0.341 e. The molecule has 2 N–H and O–H groups in total. The lowest BCUT2D eigenvalue weighted by atomic mass is 10.2. The topological polar surface area (TPSA) is 88.9 Å². The van der Waals surface area contributed by atoms with Crippen LogP contribution in [-0.2, 0) is 11.3 Å². The predicted molar refractivity (Wildman–Crippen MR) is 88.2 cm³/mol. The maximum absolute atomic E-state index is 11.6. The number of benzene rings is 1. The molecule has 0 spiro atoms. The van der Waals surface area contributed by atoms with Crippen molar-refractivity contribution >= 4 is 23.7 Å². The van der Waals surface area contributed by atoms with Gasteiger partial charge in [-0.05, 0) is 12.5 Å². The largest absolute Gasteiger partial charge is 0.341 e. The first-order chi connectivity index (χ1) is 11.1. The predicted octanol–water partition coefficient (Wildman–Crippen LogP) is 1.57. The van der Waals surface area contributed by atoms with Crippen molar-refractivity contribution in [3.8, 4) is 0 Å². The lowest BCUT2D eigenvalue weighted by Gasteiger charge is -2.08. The molecular weight excluding hydrogens is 314 g/mol. The number of nitrogens with zero attached hydrogens (tertiary/aromatic N) is 3. The lowest BCUT2D eigenvalue weighted by molar-refractivity contribution is -0.119. The van der Waals surface area contributed by atoms with Crippen molar-refractivity contribution in [1.29, 1.82) is 0 Å². The number of carbonyl (C=O) groups excluding carboxylic acids is 2. The van der Waals surface area contributed by atoms with Gasteiger partial charge >= 0.3 is 6.03 Å². The van der Waals surface area contributed by atoms with Crippen molar-refractivity contribution in [2.24, 2.45) is 0 Å². The highest BCUT2D eigenvalue weighted by Crippen LogP contribution is 2.19. The van der Waals surface area contributed by atoms with Crippen molar-refractivity contribution in [3.63, 3.8) is 0 Å². The van der Waals surface area contributed by atoms with E-state index in [1.54, 1.807) is 0 Å². The summed E-state index contributed by atoms with van der Waals surface area (Å²) in [5, 5.41) is 13.6. The first-order valence-electron chi connectivity index (χ1n) is 7.18. The summed E-state index contributed by atoms with van der Waals surface area (Å²) in [6.45, 7) is 2.59. The highest BCUT2D eigenvalue weighted by Gasteiger charge is 2.11. The van der Waals surface area contributed by atoms with Crippen LogP contribution in [0.4, 0.5) is 4.79 Å². The molecule has 2 aromatic rings. The number of rotatable bonds is 6. The van der Waals surface area contributed by atoms with Crippen LogP contribution in [0.15, 0.2) is 35.5 Å². The van der Waals surface area contributed by atoms with Crippen LogP contribution in [0.1, 0.15) is 17.8 Å². The smallest absolute Gasteiger partial charge is 0.321 e. The van der Waals surface area contributed by atoms with E-state index in [4.69, 9.17) is 0 Å². The van der Waals surface area contributed by atoms with E-state index < -0.39 is 6.03 Å². The molecule has 0 aliphatic heterocycles. The van der Waals surface area contributed by atoms with E-state index in [0.717, 1.165) is 16.5 Å². The van der Waals surface area contributed by atoms with Crippen molar-refractivity contribution in [2.75, 3.05) is 12.8 Å². The molecule has 7 nitrogen and oxygen atoms in total. The lowest BCUT2D eigenvalue weighted by Crippen LogP contribution is -2.37. The number of aryl methyl sites for hydroxylation is 1. The Labute approximate surface area is 138 Å². The van der Waals surface area contributed by atoms with Gasteiger partial charge in [0.2, 0.25) is 5.91 Å². The maximum atomic E-state index is 11.6. The molecule has 0 radical (unpaired) electrons. The number of amides is 3. The Morgan fingerprint density at radius 2 is 1.96 bits per heavy atom. The van der Waals surface area contributed by atoms with Crippen molar-refractivity contribution < 1.29 is 9.59 Å². The molecule has 1 aromatic heterocycles. The Bertz CT molecular complexity index is 672. The zero-order valence-electron chi connectivity index (χ0n) is 13.1. The Kier molecular flexibility index (Phi) is 6.16. The van der Waals surface area contributed by atoms with Crippen LogP contribution in [0.3, 0.4) is 0 Å². The molecule has 122 valence electrons. The molecule has 0 bridgehead atoms. The van der Waals surface area contributed by atoms with Gasteiger partial charge in [-0.3, -0.25) is 10.1 Å². The summed E-state index contributed by atoms with van der Waals surface area (Å²) in [6, 6.07) is 9.55. The Balaban J connectivity index is 1.91. The molecule has 0 saturated heterocycles.